The highest BCUT2D eigenvalue weighted by Gasteiger charge is 2.37. The van der Waals surface area contributed by atoms with Crippen LogP contribution in [0.1, 0.15) is 43.1 Å². The third-order valence-corrected chi connectivity index (χ3v) is 4.85. The van der Waals surface area contributed by atoms with Crippen molar-refractivity contribution >= 4 is 21.8 Å². The second-order valence-electron chi connectivity index (χ2n) is 5.59. The first kappa shape index (κ1) is 14.1. The van der Waals surface area contributed by atoms with Gasteiger partial charge in [0, 0.05) is 23.8 Å². The number of aromatic nitrogens is 1. The van der Waals surface area contributed by atoms with Crippen LogP contribution in [-0.2, 0) is 11.3 Å². The lowest BCUT2D eigenvalue weighted by atomic mass is 9.90. The average molecular weight is 341 g/mol. The minimum atomic E-state index is 0.151. The van der Waals surface area contributed by atoms with Gasteiger partial charge in [0.1, 0.15) is 5.69 Å². The summed E-state index contributed by atoms with van der Waals surface area (Å²) < 4.78 is 8.83. The summed E-state index contributed by atoms with van der Waals surface area (Å²) >= 11 is 3.47. The van der Waals surface area contributed by atoms with Gasteiger partial charge in [0.05, 0.1) is 18.8 Å². The molecular formula is C15H21BrN2O2. The van der Waals surface area contributed by atoms with E-state index in [1.54, 1.807) is 0 Å². The van der Waals surface area contributed by atoms with E-state index in [0.717, 1.165) is 29.6 Å². The maximum atomic E-state index is 12.9. The highest BCUT2D eigenvalue weighted by atomic mass is 79.9. The van der Waals surface area contributed by atoms with Gasteiger partial charge in [0.2, 0.25) is 0 Å². The van der Waals surface area contributed by atoms with E-state index in [1.807, 2.05) is 21.7 Å². The molecule has 2 atom stereocenters. The van der Waals surface area contributed by atoms with Crippen molar-refractivity contribution < 1.29 is 9.53 Å². The van der Waals surface area contributed by atoms with Crippen molar-refractivity contribution in [2.75, 3.05) is 13.2 Å². The van der Waals surface area contributed by atoms with E-state index < -0.39 is 0 Å². The molecule has 2 heterocycles. The van der Waals surface area contributed by atoms with E-state index >= 15 is 0 Å². The van der Waals surface area contributed by atoms with Gasteiger partial charge in [-0.2, -0.15) is 0 Å². The lowest BCUT2D eigenvalue weighted by Crippen LogP contribution is -2.55. The van der Waals surface area contributed by atoms with E-state index in [4.69, 9.17) is 4.74 Å². The summed E-state index contributed by atoms with van der Waals surface area (Å²) in [4.78, 5) is 14.9. The summed E-state index contributed by atoms with van der Waals surface area (Å²) in [7, 11) is 0. The fourth-order valence-electron chi connectivity index (χ4n) is 3.41. The standard InChI is InChI=1S/C15H21BrN2O2/c1-2-17-10-11(16)9-13(17)15(19)18-7-8-20-14-6-4-3-5-12(14)18/h9-10,12,14H,2-8H2,1H3. The normalized spacial score (nSPS) is 26.4. The summed E-state index contributed by atoms with van der Waals surface area (Å²) in [6, 6.07) is 2.20. The fourth-order valence-corrected chi connectivity index (χ4v) is 3.88. The molecule has 1 saturated carbocycles. The molecule has 110 valence electrons. The highest BCUT2D eigenvalue weighted by molar-refractivity contribution is 9.10. The van der Waals surface area contributed by atoms with Crippen LogP contribution >= 0.6 is 15.9 Å². The Labute approximate surface area is 128 Å². The van der Waals surface area contributed by atoms with Crippen LogP contribution in [0.5, 0.6) is 0 Å². The summed E-state index contributed by atoms with van der Waals surface area (Å²) in [5.74, 6) is 0.151. The number of carbonyl (C=O) groups is 1. The predicted molar refractivity (Wildman–Crippen MR) is 80.8 cm³/mol. The number of rotatable bonds is 2. The van der Waals surface area contributed by atoms with Gasteiger partial charge >= 0.3 is 0 Å². The lowest BCUT2D eigenvalue weighted by molar-refractivity contribution is -0.0755. The summed E-state index contributed by atoms with van der Waals surface area (Å²) in [6.45, 7) is 4.25. The average Bonchev–Trinajstić information content (AvgIpc) is 2.87. The monoisotopic (exact) mass is 340 g/mol. The quantitative estimate of drug-likeness (QED) is 0.829. The second-order valence-corrected chi connectivity index (χ2v) is 6.50. The van der Waals surface area contributed by atoms with E-state index in [9.17, 15) is 4.79 Å². The van der Waals surface area contributed by atoms with E-state index in [1.165, 1.54) is 12.8 Å². The number of nitrogens with zero attached hydrogens (tertiary/aromatic N) is 2. The van der Waals surface area contributed by atoms with Gasteiger partial charge in [-0.05, 0) is 41.8 Å². The van der Waals surface area contributed by atoms with Crippen LogP contribution < -0.4 is 0 Å². The Kier molecular flexibility index (Phi) is 4.17. The molecule has 4 nitrogen and oxygen atoms in total. The summed E-state index contributed by atoms with van der Waals surface area (Å²) in [5.41, 5.74) is 0.783. The molecule has 1 aliphatic heterocycles. The Morgan fingerprint density at radius 3 is 3.05 bits per heavy atom. The fraction of sp³-hybridized carbons (Fsp3) is 0.667. The van der Waals surface area contributed by atoms with Gasteiger partial charge in [-0.3, -0.25) is 4.79 Å². The molecule has 1 amide bonds. The minimum Gasteiger partial charge on any atom is -0.374 e. The molecule has 1 aliphatic carbocycles. The molecule has 2 aliphatic rings. The Morgan fingerprint density at radius 1 is 1.45 bits per heavy atom. The van der Waals surface area contributed by atoms with Crippen LogP contribution in [0.4, 0.5) is 0 Å². The van der Waals surface area contributed by atoms with Crippen molar-refractivity contribution in [3.8, 4) is 0 Å². The van der Waals surface area contributed by atoms with Gasteiger partial charge in [-0.25, -0.2) is 0 Å². The van der Waals surface area contributed by atoms with Crippen molar-refractivity contribution in [1.29, 1.82) is 0 Å². The van der Waals surface area contributed by atoms with Crippen molar-refractivity contribution in [3.63, 3.8) is 0 Å². The smallest absolute Gasteiger partial charge is 0.270 e. The number of morpholine rings is 1. The highest BCUT2D eigenvalue weighted by Crippen LogP contribution is 2.30. The number of amides is 1. The number of carbonyl (C=O) groups excluding carboxylic acids is 1. The molecule has 0 radical (unpaired) electrons. The number of hydrogen-bond donors (Lipinski definition) is 0. The molecule has 20 heavy (non-hydrogen) atoms. The molecule has 1 aromatic heterocycles. The number of fused-ring (bicyclic) bond motifs is 1. The molecule has 0 N–H and O–H groups in total. The van der Waals surface area contributed by atoms with Gasteiger partial charge in [-0.1, -0.05) is 12.8 Å². The minimum absolute atomic E-state index is 0.151. The van der Waals surface area contributed by atoms with E-state index in [2.05, 4.69) is 22.9 Å². The van der Waals surface area contributed by atoms with Crippen molar-refractivity contribution in [1.82, 2.24) is 9.47 Å². The van der Waals surface area contributed by atoms with Crippen LogP contribution in [-0.4, -0.2) is 40.7 Å². The predicted octanol–water partition coefficient (Wildman–Crippen LogP) is 3.05. The van der Waals surface area contributed by atoms with Crippen LogP contribution in [0.3, 0.4) is 0 Å². The Morgan fingerprint density at radius 2 is 2.25 bits per heavy atom. The molecule has 2 unspecified atom stereocenters. The molecule has 3 rings (SSSR count). The number of halogens is 1. The Balaban J connectivity index is 1.84. The molecule has 0 bridgehead atoms. The number of ether oxygens (including phenoxy) is 1. The maximum absolute atomic E-state index is 12.9. The summed E-state index contributed by atoms with van der Waals surface area (Å²) in [5, 5.41) is 0. The van der Waals surface area contributed by atoms with Gasteiger partial charge in [-0.15, -0.1) is 0 Å². The van der Waals surface area contributed by atoms with E-state index in [-0.39, 0.29) is 18.1 Å². The first-order chi connectivity index (χ1) is 9.70. The number of hydrogen-bond acceptors (Lipinski definition) is 2. The second kappa shape index (κ2) is 5.90. The molecule has 2 fully saturated rings. The topological polar surface area (TPSA) is 34.5 Å². The van der Waals surface area contributed by atoms with Crippen molar-refractivity contribution in [2.24, 2.45) is 0 Å². The van der Waals surface area contributed by atoms with Crippen LogP contribution in [0.15, 0.2) is 16.7 Å². The van der Waals surface area contributed by atoms with Gasteiger partial charge in [0.15, 0.2) is 0 Å². The molecule has 1 saturated heterocycles. The summed E-state index contributed by atoms with van der Waals surface area (Å²) in [6.07, 6.45) is 6.81. The molecule has 1 aromatic rings. The molecule has 0 spiro atoms. The van der Waals surface area contributed by atoms with Crippen LogP contribution in [0.25, 0.3) is 0 Å². The lowest BCUT2D eigenvalue weighted by Gasteiger charge is -2.43. The van der Waals surface area contributed by atoms with E-state index in [0.29, 0.717) is 13.2 Å². The van der Waals surface area contributed by atoms with Gasteiger partial charge in [0.25, 0.3) is 5.91 Å². The molecular weight excluding hydrogens is 320 g/mol. The molecule has 0 aromatic carbocycles. The van der Waals surface area contributed by atoms with Crippen molar-refractivity contribution in [2.45, 2.75) is 51.3 Å². The number of aryl methyl sites for hydroxylation is 1. The Bertz CT molecular complexity index is 498. The van der Waals surface area contributed by atoms with Crippen LogP contribution in [0, 0.1) is 0 Å². The SMILES string of the molecule is CCn1cc(Br)cc1C(=O)N1CCOC2CCCCC21. The Hall–Kier alpha value is -0.810. The van der Waals surface area contributed by atoms with Crippen molar-refractivity contribution in [3.05, 3.63) is 22.4 Å². The first-order valence-corrected chi connectivity index (χ1v) is 8.28. The first-order valence-electron chi connectivity index (χ1n) is 7.49. The van der Waals surface area contributed by atoms with Gasteiger partial charge < -0.3 is 14.2 Å². The zero-order chi connectivity index (χ0) is 14.1. The third kappa shape index (κ3) is 2.53. The molecule has 5 heteroatoms. The largest absolute Gasteiger partial charge is 0.374 e. The van der Waals surface area contributed by atoms with Crippen LogP contribution in [0.2, 0.25) is 0 Å². The third-order valence-electron chi connectivity index (χ3n) is 4.42. The zero-order valence-corrected chi connectivity index (χ0v) is 13.4. The zero-order valence-electron chi connectivity index (χ0n) is 11.8. The maximum Gasteiger partial charge on any atom is 0.270 e.